The quantitative estimate of drug-likeness (QED) is 0.0365. The smallest absolute Gasteiger partial charge is 0.417 e. The van der Waals surface area contributed by atoms with E-state index in [0.717, 1.165) is 123 Å². The Morgan fingerprint density at radius 3 is 1.55 bits per heavy atom. The van der Waals surface area contributed by atoms with Crippen molar-refractivity contribution in [2.45, 2.75) is 38.3 Å². The van der Waals surface area contributed by atoms with E-state index in [2.05, 4.69) is 102 Å². The first-order valence-electron chi connectivity index (χ1n) is 26.0. The number of fused-ring (bicyclic) bond motifs is 2. The van der Waals surface area contributed by atoms with Crippen molar-refractivity contribution >= 4 is 42.8 Å². The molecular weight excluding hydrogens is 1220 g/mol. The molecule has 3 saturated heterocycles. The molecule has 82 heavy (non-hydrogen) atoms. The van der Waals surface area contributed by atoms with Crippen LogP contribution < -0.4 is 45.3 Å². The van der Waals surface area contributed by atoms with Crippen molar-refractivity contribution < 1.29 is 84.0 Å². The summed E-state index contributed by atoms with van der Waals surface area (Å²) in [5.41, 5.74) is 0.963. The van der Waals surface area contributed by atoms with Crippen LogP contribution in [-0.4, -0.2) is 144 Å². The van der Waals surface area contributed by atoms with E-state index in [9.17, 15) is 39.5 Å². The maximum Gasteiger partial charge on any atom is 0.417 e. The Labute approximate surface area is 493 Å². The van der Waals surface area contributed by atoms with Gasteiger partial charge in [0, 0.05) is 131 Å². The van der Waals surface area contributed by atoms with Crippen molar-refractivity contribution in [1.29, 1.82) is 0 Å². The Kier molecular flexibility index (Phi) is 28.6. The van der Waals surface area contributed by atoms with Crippen LogP contribution in [0.4, 0.5) is 50.9 Å². The minimum Gasteiger partial charge on any atom is -0.481 e. The molecule has 1 saturated carbocycles. The number of aliphatic carboxylic acids is 1. The molecule has 0 amide bonds. The standard InChI is InChI=1S/C19H24F3N3O.C13H12P.C11H14F3N3O.C7H5ClF3NO.C4H10N2.C2H4O2.Pd/c1-26-18-17(10-16(11-23-18)19(20,21)22)25-6-4-24(5-7-25)12-15-9-13-2-3-14(15)8-13;1-14-13-10-6-5-9-12(13)11-7-3-2-4-8-11;1-18-10-9(17-4-2-15-3-5-17)6-8(7-16-10)11(12,13)14;1-13-6-5(8)2-4(3-12-6)7(9,10)11;1-2-6-4-3-5-1;1-2(3)4;/h2-3,10-11,13-15H,4-9,12H2,1H3;2-7,9-10,14H,1H3;6-7,15H,2-5H2,1H3;2-3H,1H3;5-6H,1-4H2;1H3,(H,3,4);/q;-1;;;;;. The van der Waals surface area contributed by atoms with Gasteiger partial charge in [0.2, 0.25) is 17.6 Å². The molecule has 6 heterocycles. The molecule has 26 heteroatoms. The summed E-state index contributed by atoms with van der Waals surface area (Å²) in [6.07, 6.45) is -3.60. The zero-order chi connectivity index (χ0) is 59.2. The van der Waals surface area contributed by atoms with Gasteiger partial charge in [0.1, 0.15) is 16.4 Å². The van der Waals surface area contributed by atoms with E-state index < -0.39 is 41.2 Å². The number of aromatic nitrogens is 3. The monoisotopic (exact) mass is 1290 g/mol. The molecule has 2 aliphatic carbocycles. The van der Waals surface area contributed by atoms with Gasteiger partial charge in [-0.1, -0.05) is 58.9 Å². The molecule has 5 aromatic rings. The number of hydrogen-bond donors (Lipinski definition) is 4. The van der Waals surface area contributed by atoms with E-state index in [1.54, 1.807) is 0 Å². The summed E-state index contributed by atoms with van der Waals surface area (Å²) in [6.45, 7) is 14.8. The molecule has 4 N–H and O–H groups in total. The summed E-state index contributed by atoms with van der Waals surface area (Å²) in [5.74, 6) is 1.86. The Bertz CT molecular complexity index is 2720. The van der Waals surface area contributed by atoms with Gasteiger partial charge in [-0.15, -0.1) is 44.5 Å². The third kappa shape index (κ3) is 22.0. The average Bonchev–Trinajstić information content (AvgIpc) is 4.11. The Morgan fingerprint density at radius 2 is 1.13 bits per heavy atom. The van der Waals surface area contributed by atoms with Gasteiger partial charge >= 0.3 is 18.5 Å². The maximum absolute atomic E-state index is 13.0. The number of nitrogens with one attached hydrogen (secondary N) is 3. The second-order valence-corrected chi connectivity index (χ2v) is 20.3. The summed E-state index contributed by atoms with van der Waals surface area (Å²) in [4.78, 5) is 26.2. The van der Waals surface area contributed by atoms with Gasteiger partial charge < -0.3 is 45.1 Å². The number of methoxy groups -OCH3 is 3. The molecule has 4 fully saturated rings. The van der Waals surface area contributed by atoms with Crippen LogP contribution >= 0.6 is 20.2 Å². The fourth-order valence-corrected chi connectivity index (χ4v) is 10.3. The first kappa shape index (κ1) is 69.2. The number of carboxylic acid groups (broad SMARTS) is 1. The second kappa shape index (κ2) is 33.8. The fourth-order valence-electron chi connectivity index (χ4n) is 9.30. The van der Waals surface area contributed by atoms with E-state index in [-0.39, 0.29) is 43.1 Å². The SMILES string of the molecule is C1CNCCN1.CC(=O)O.COc1ncc(C(F)(F)F)cc1Cl.COc1ncc(C(F)(F)F)cc1N1CCN(CC2CC3C=CC2C3)CC1.COc1ncc(C(F)(F)F)cc1N1CCNCC1.CPc1ccccc1-c1[c-]cccc1.[Pd]. The van der Waals surface area contributed by atoms with Gasteiger partial charge in [0.25, 0.3) is 5.97 Å². The zero-order valence-corrected chi connectivity index (χ0v) is 49.2. The van der Waals surface area contributed by atoms with Crippen LogP contribution in [0.25, 0.3) is 11.1 Å². The van der Waals surface area contributed by atoms with E-state index in [4.69, 9.17) is 31.0 Å². The number of hydrogen-bond acceptors (Lipinski definition) is 13. The molecule has 0 radical (unpaired) electrons. The fraction of sp³-hybridized carbons (Fsp3) is 0.464. The van der Waals surface area contributed by atoms with Crippen molar-refractivity contribution in [3.8, 4) is 28.8 Å². The minimum atomic E-state index is -4.43. The molecule has 2 bridgehead atoms. The molecule has 4 atom stereocenters. The summed E-state index contributed by atoms with van der Waals surface area (Å²) in [6, 6.07) is 22.9. The summed E-state index contributed by atoms with van der Waals surface area (Å²) < 4.78 is 128. The molecule has 3 aliphatic heterocycles. The van der Waals surface area contributed by atoms with E-state index in [0.29, 0.717) is 43.8 Å². The number of pyridine rings is 3. The normalized spacial score (nSPS) is 18.5. The summed E-state index contributed by atoms with van der Waals surface area (Å²) >= 11 is 5.45. The van der Waals surface area contributed by atoms with Gasteiger partial charge in [-0.3, -0.25) is 9.69 Å². The molecule has 10 rings (SSSR count). The van der Waals surface area contributed by atoms with Crippen LogP contribution in [-0.2, 0) is 43.7 Å². The Balaban J connectivity index is 0.000000228. The topological polar surface area (TPSA) is 149 Å². The van der Waals surface area contributed by atoms with Crippen molar-refractivity contribution in [3.05, 3.63) is 125 Å². The van der Waals surface area contributed by atoms with Crippen molar-refractivity contribution in [2.75, 3.05) is 123 Å². The third-order valence-electron chi connectivity index (χ3n) is 13.3. The molecule has 3 aromatic heterocycles. The molecule has 2 aromatic carbocycles. The molecule has 14 nitrogen and oxygen atoms in total. The number of carboxylic acids is 1. The van der Waals surface area contributed by atoms with Gasteiger partial charge in [0.15, 0.2) is 0 Å². The van der Waals surface area contributed by atoms with E-state index >= 15 is 0 Å². The van der Waals surface area contributed by atoms with Gasteiger partial charge in [-0.05, 0) is 55.5 Å². The molecule has 5 aliphatic rings. The van der Waals surface area contributed by atoms with Crippen molar-refractivity contribution in [2.24, 2.45) is 17.8 Å². The predicted octanol–water partition coefficient (Wildman–Crippen LogP) is 10.1. The number of alkyl halides is 9. The van der Waals surface area contributed by atoms with Crippen LogP contribution in [0.1, 0.15) is 36.5 Å². The number of allylic oxidation sites excluding steroid dienone is 2. The molecular formula is C56H69ClF9N9O5PPd-. The number of rotatable bonds is 9. The number of ether oxygens (including phenoxy) is 3. The number of carbonyl (C=O) groups is 1. The van der Waals surface area contributed by atoms with E-state index in [1.807, 2.05) is 21.9 Å². The van der Waals surface area contributed by atoms with E-state index in [1.165, 1.54) is 50.6 Å². The zero-order valence-electron chi connectivity index (χ0n) is 45.9. The first-order chi connectivity index (χ1) is 38.6. The van der Waals surface area contributed by atoms with Crippen LogP contribution in [0, 0.1) is 23.8 Å². The predicted molar refractivity (Wildman–Crippen MR) is 299 cm³/mol. The first-order valence-corrected chi connectivity index (χ1v) is 27.9. The Hall–Kier alpha value is -5.31. The molecule has 4 unspecified atom stereocenters. The van der Waals surface area contributed by atoms with Crippen molar-refractivity contribution in [1.82, 2.24) is 35.8 Å². The van der Waals surface area contributed by atoms with Crippen molar-refractivity contribution in [3.63, 3.8) is 0 Å². The number of nitrogens with zero attached hydrogens (tertiary/aromatic N) is 6. The largest absolute Gasteiger partial charge is 0.481 e. The number of piperazine rings is 3. The molecule has 454 valence electrons. The van der Waals surface area contributed by atoms with Crippen LogP contribution in [0.15, 0.2) is 97.5 Å². The van der Waals surface area contributed by atoms with Gasteiger partial charge in [-0.25, -0.2) is 15.0 Å². The average molecular weight is 1290 g/mol. The number of anilines is 2. The minimum absolute atomic E-state index is 0. The molecule has 0 spiro atoms. The number of benzene rings is 2. The second-order valence-electron chi connectivity index (χ2n) is 18.9. The maximum atomic E-state index is 13.0. The van der Waals surface area contributed by atoms with Crippen LogP contribution in [0.5, 0.6) is 17.6 Å². The van der Waals surface area contributed by atoms with Crippen LogP contribution in [0.2, 0.25) is 5.02 Å². The summed E-state index contributed by atoms with van der Waals surface area (Å²) in [5, 5.41) is 18.3. The van der Waals surface area contributed by atoms with Gasteiger partial charge in [-0.2, -0.15) is 39.5 Å². The third-order valence-corrected chi connectivity index (χ3v) is 14.5. The number of halogens is 10. The van der Waals surface area contributed by atoms with Gasteiger partial charge in [0.05, 0.1) is 38.0 Å². The van der Waals surface area contributed by atoms with Crippen LogP contribution in [0.3, 0.4) is 0 Å². The summed E-state index contributed by atoms with van der Waals surface area (Å²) in [7, 11) is 4.96. The Morgan fingerprint density at radius 1 is 0.671 bits per heavy atom.